The van der Waals surface area contributed by atoms with Gasteiger partial charge in [0.25, 0.3) is 0 Å². The third-order valence-electron chi connectivity index (χ3n) is 6.33. The molecule has 0 aromatic heterocycles. The quantitative estimate of drug-likeness (QED) is 0.709. The van der Waals surface area contributed by atoms with Gasteiger partial charge in [-0.3, -0.25) is 9.80 Å². The zero-order valence-electron chi connectivity index (χ0n) is 17.5. The van der Waals surface area contributed by atoms with Crippen molar-refractivity contribution in [1.29, 1.82) is 0 Å². The van der Waals surface area contributed by atoms with Crippen molar-refractivity contribution in [3.63, 3.8) is 0 Å². The Bertz CT molecular complexity index is 794. The molecule has 4 N–H and O–H groups in total. The Kier molecular flexibility index (Phi) is 7.35. The van der Waals surface area contributed by atoms with E-state index in [4.69, 9.17) is 34.7 Å². The number of nitrogens with two attached hydrogens (primary N) is 2. The Morgan fingerprint density at radius 3 is 1.47 bits per heavy atom. The largest absolute Gasteiger partial charge is 0.328 e. The van der Waals surface area contributed by atoms with E-state index in [1.807, 2.05) is 12.1 Å². The summed E-state index contributed by atoms with van der Waals surface area (Å²) in [6.07, 6.45) is 4.30. The first kappa shape index (κ1) is 22.1. The highest BCUT2D eigenvalue weighted by Crippen LogP contribution is 2.30. The second-order valence-electron chi connectivity index (χ2n) is 8.92. The summed E-state index contributed by atoms with van der Waals surface area (Å²) in [6, 6.07) is 13.4. The Hall–Kier alpha value is -1.14. The van der Waals surface area contributed by atoms with Gasteiger partial charge in [0.1, 0.15) is 0 Å². The first-order valence-corrected chi connectivity index (χ1v) is 11.8. The molecule has 6 heteroatoms. The van der Waals surface area contributed by atoms with Crippen molar-refractivity contribution in [2.45, 2.75) is 50.9 Å². The van der Waals surface area contributed by atoms with Crippen molar-refractivity contribution in [3.05, 3.63) is 57.6 Å². The zero-order chi connectivity index (χ0) is 21.1. The lowest BCUT2D eigenvalue weighted by Gasteiger charge is -2.31. The van der Waals surface area contributed by atoms with Gasteiger partial charge in [-0.2, -0.15) is 0 Å². The average Bonchev–Trinajstić information content (AvgIpc) is 2.71. The van der Waals surface area contributed by atoms with Gasteiger partial charge in [0, 0.05) is 35.2 Å². The summed E-state index contributed by atoms with van der Waals surface area (Å²) >= 11 is 12.6. The minimum Gasteiger partial charge on any atom is -0.328 e. The number of hydrogen-bond donors (Lipinski definition) is 2. The Balaban J connectivity index is 1.59. The van der Waals surface area contributed by atoms with Crippen LogP contribution in [0.4, 0.5) is 0 Å². The predicted molar refractivity (Wildman–Crippen MR) is 127 cm³/mol. The van der Waals surface area contributed by atoms with E-state index in [1.54, 1.807) is 6.07 Å². The number of piperidine rings is 2. The molecule has 0 aliphatic carbocycles. The van der Waals surface area contributed by atoms with Gasteiger partial charge in [0.15, 0.2) is 0 Å². The van der Waals surface area contributed by atoms with Gasteiger partial charge in [-0.05, 0) is 104 Å². The van der Waals surface area contributed by atoms with Crippen LogP contribution in [0.5, 0.6) is 0 Å². The van der Waals surface area contributed by atoms with Gasteiger partial charge in [0.2, 0.25) is 0 Å². The maximum atomic E-state index is 6.29. The third kappa shape index (κ3) is 5.97. The summed E-state index contributed by atoms with van der Waals surface area (Å²) in [4.78, 5) is 5.02. The van der Waals surface area contributed by atoms with E-state index < -0.39 is 0 Å². The average molecular weight is 447 g/mol. The SMILES string of the molecule is NC1CCN(Cc2cc(CN3CCC(N)CC3)cc(-c3cc(Cl)cc(Cl)c3)c2)CC1. The molecule has 2 heterocycles. The van der Waals surface area contributed by atoms with Gasteiger partial charge in [-0.1, -0.05) is 29.3 Å². The highest BCUT2D eigenvalue weighted by atomic mass is 35.5. The van der Waals surface area contributed by atoms with E-state index in [-0.39, 0.29) is 0 Å². The fraction of sp³-hybridized carbons (Fsp3) is 0.500. The topological polar surface area (TPSA) is 58.5 Å². The van der Waals surface area contributed by atoms with Crippen molar-refractivity contribution >= 4 is 23.2 Å². The molecule has 0 unspecified atom stereocenters. The van der Waals surface area contributed by atoms with Crippen LogP contribution in [0.2, 0.25) is 10.0 Å². The van der Waals surface area contributed by atoms with E-state index in [0.717, 1.165) is 70.5 Å². The fourth-order valence-electron chi connectivity index (χ4n) is 4.57. The summed E-state index contributed by atoms with van der Waals surface area (Å²) in [5, 5.41) is 1.33. The molecule has 2 aliphatic rings. The number of nitrogens with zero attached hydrogens (tertiary/aromatic N) is 2. The molecule has 0 bridgehead atoms. The van der Waals surface area contributed by atoms with E-state index in [0.29, 0.717) is 22.1 Å². The highest BCUT2D eigenvalue weighted by molar-refractivity contribution is 6.35. The molecule has 0 amide bonds. The zero-order valence-corrected chi connectivity index (χ0v) is 19.0. The number of hydrogen-bond acceptors (Lipinski definition) is 4. The normalized spacial score (nSPS) is 20.0. The van der Waals surface area contributed by atoms with Gasteiger partial charge < -0.3 is 11.5 Å². The van der Waals surface area contributed by atoms with Crippen LogP contribution in [0.1, 0.15) is 36.8 Å². The molecule has 2 aliphatic heterocycles. The van der Waals surface area contributed by atoms with Crippen LogP contribution in [0.3, 0.4) is 0 Å². The van der Waals surface area contributed by atoms with Crippen LogP contribution in [0.25, 0.3) is 11.1 Å². The summed E-state index contributed by atoms with van der Waals surface area (Å²) in [6.45, 7) is 6.16. The number of likely N-dealkylation sites (tertiary alicyclic amines) is 2. The molecule has 0 spiro atoms. The maximum Gasteiger partial charge on any atom is 0.0426 e. The summed E-state index contributed by atoms with van der Waals surface area (Å²) in [5.74, 6) is 0. The number of benzene rings is 2. The summed E-state index contributed by atoms with van der Waals surface area (Å²) < 4.78 is 0. The Labute approximate surface area is 190 Å². The Morgan fingerprint density at radius 1 is 0.633 bits per heavy atom. The van der Waals surface area contributed by atoms with Crippen molar-refractivity contribution in [3.8, 4) is 11.1 Å². The van der Waals surface area contributed by atoms with Gasteiger partial charge in [-0.25, -0.2) is 0 Å². The molecule has 30 heavy (non-hydrogen) atoms. The standard InChI is InChI=1S/C24H32Cl2N4/c25-21-12-20(13-22(26)14-21)19-10-17(15-29-5-1-23(27)2-6-29)9-18(11-19)16-30-7-3-24(28)4-8-30/h9-14,23-24H,1-8,15-16,27-28H2. The van der Waals surface area contributed by atoms with Crippen molar-refractivity contribution in [1.82, 2.24) is 9.80 Å². The molecule has 162 valence electrons. The van der Waals surface area contributed by atoms with Crippen LogP contribution in [0, 0.1) is 0 Å². The van der Waals surface area contributed by atoms with E-state index in [1.165, 1.54) is 16.7 Å². The third-order valence-corrected chi connectivity index (χ3v) is 6.76. The smallest absolute Gasteiger partial charge is 0.0426 e. The second-order valence-corrected chi connectivity index (χ2v) is 9.80. The van der Waals surface area contributed by atoms with Gasteiger partial charge >= 0.3 is 0 Å². The van der Waals surface area contributed by atoms with Gasteiger partial charge in [0.05, 0.1) is 0 Å². The predicted octanol–water partition coefficient (Wildman–Crippen LogP) is 4.51. The fourth-order valence-corrected chi connectivity index (χ4v) is 5.10. The molecule has 4 rings (SSSR count). The monoisotopic (exact) mass is 446 g/mol. The number of halogens is 2. The minimum atomic E-state index is 0.349. The molecule has 4 nitrogen and oxygen atoms in total. The summed E-state index contributed by atoms with van der Waals surface area (Å²) in [5.41, 5.74) is 17.1. The molecular weight excluding hydrogens is 415 g/mol. The Morgan fingerprint density at radius 2 is 1.03 bits per heavy atom. The lowest BCUT2D eigenvalue weighted by Crippen LogP contribution is -2.39. The lowest BCUT2D eigenvalue weighted by molar-refractivity contribution is 0.202. The van der Waals surface area contributed by atoms with Crippen molar-refractivity contribution < 1.29 is 0 Å². The van der Waals surface area contributed by atoms with Crippen LogP contribution < -0.4 is 11.5 Å². The number of rotatable bonds is 5. The van der Waals surface area contributed by atoms with Crippen LogP contribution in [-0.4, -0.2) is 48.1 Å². The van der Waals surface area contributed by atoms with Crippen LogP contribution >= 0.6 is 23.2 Å². The van der Waals surface area contributed by atoms with Crippen molar-refractivity contribution in [2.75, 3.05) is 26.2 Å². The van der Waals surface area contributed by atoms with E-state index in [2.05, 4.69) is 28.0 Å². The first-order chi connectivity index (χ1) is 14.4. The molecule has 2 aromatic rings. The van der Waals surface area contributed by atoms with E-state index >= 15 is 0 Å². The maximum absolute atomic E-state index is 6.29. The molecular formula is C24H32Cl2N4. The van der Waals surface area contributed by atoms with Crippen LogP contribution in [0.15, 0.2) is 36.4 Å². The lowest BCUT2D eigenvalue weighted by atomic mass is 9.97. The molecule has 0 atom stereocenters. The minimum absolute atomic E-state index is 0.349. The first-order valence-electron chi connectivity index (χ1n) is 11.0. The highest BCUT2D eigenvalue weighted by Gasteiger charge is 2.19. The molecule has 0 radical (unpaired) electrons. The van der Waals surface area contributed by atoms with Gasteiger partial charge in [-0.15, -0.1) is 0 Å². The molecule has 0 saturated carbocycles. The summed E-state index contributed by atoms with van der Waals surface area (Å²) in [7, 11) is 0. The van der Waals surface area contributed by atoms with Crippen molar-refractivity contribution in [2.24, 2.45) is 11.5 Å². The molecule has 2 fully saturated rings. The molecule has 2 saturated heterocycles. The second kappa shape index (κ2) is 9.99. The molecule has 2 aromatic carbocycles. The van der Waals surface area contributed by atoms with Crippen LogP contribution in [-0.2, 0) is 13.1 Å². The van der Waals surface area contributed by atoms with E-state index in [9.17, 15) is 0 Å².